The lowest BCUT2D eigenvalue weighted by Crippen LogP contribution is -2.19. The van der Waals surface area contributed by atoms with Crippen molar-refractivity contribution in [1.29, 1.82) is 0 Å². The molecule has 3 aromatic carbocycles. The van der Waals surface area contributed by atoms with Gasteiger partial charge in [-0.25, -0.2) is 4.79 Å². The van der Waals surface area contributed by atoms with Crippen LogP contribution in [0.5, 0.6) is 5.75 Å². The first-order chi connectivity index (χ1) is 18.1. The molecule has 0 bridgehead atoms. The number of carbonyl (C=O) groups is 2. The quantitative estimate of drug-likeness (QED) is 0.284. The van der Waals surface area contributed by atoms with Gasteiger partial charge in [0.15, 0.2) is 5.76 Å². The fourth-order valence-electron chi connectivity index (χ4n) is 4.59. The van der Waals surface area contributed by atoms with E-state index in [0.29, 0.717) is 22.7 Å². The number of ketones is 1. The zero-order valence-corrected chi connectivity index (χ0v) is 19.9. The van der Waals surface area contributed by atoms with Crippen LogP contribution in [0.4, 0.5) is 16.2 Å². The predicted octanol–water partition coefficient (Wildman–Crippen LogP) is 6.50. The Hall–Kier alpha value is -5.17. The third kappa shape index (κ3) is 4.23. The Balaban J connectivity index is 1.30. The molecule has 2 amide bonds. The van der Waals surface area contributed by atoms with Gasteiger partial charge >= 0.3 is 6.03 Å². The molecule has 0 saturated heterocycles. The Kier molecular flexibility index (Phi) is 5.50. The van der Waals surface area contributed by atoms with Crippen molar-refractivity contribution in [3.05, 3.63) is 114 Å². The van der Waals surface area contributed by atoms with Crippen molar-refractivity contribution in [2.45, 2.75) is 0 Å². The number of ether oxygens (including phenoxy) is 1. The van der Waals surface area contributed by atoms with Gasteiger partial charge < -0.3 is 19.9 Å². The summed E-state index contributed by atoms with van der Waals surface area (Å²) in [6.07, 6.45) is 6.97. The number of aryl methyl sites for hydroxylation is 1. The van der Waals surface area contributed by atoms with Crippen LogP contribution in [-0.4, -0.2) is 21.4 Å². The van der Waals surface area contributed by atoms with E-state index < -0.39 is 6.03 Å². The van der Waals surface area contributed by atoms with Crippen LogP contribution in [0.1, 0.15) is 15.9 Å². The molecule has 2 N–H and O–H groups in total. The van der Waals surface area contributed by atoms with E-state index in [1.165, 1.54) is 0 Å². The molecule has 2 aromatic heterocycles. The number of hydrogen-bond acceptors (Lipinski definition) is 4. The van der Waals surface area contributed by atoms with Crippen molar-refractivity contribution < 1.29 is 14.3 Å². The number of rotatable bonds is 4. The van der Waals surface area contributed by atoms with Crippen LogP contribution in [-0.2, 0) is 7.05 Å². The summed E-state index contributed by atoms with van der Waals surface area (Å²) in [6, 6.07) is 24.4. The SMILES string of the molecule is Cn1cc(C=C2Oc3ccc(NC(=O)Nc4cccnc4)cc3C2=O)c2c(-c3ccccc3)cccc21. The molecule has 0 radical (unpaired) electrons. The summed E-state index contributed by atoms with van der Waals surface area (Å²) in [7, 11) is 1.99. The highest BCUT2D eigenvalue weighted by Gasteiger charge is 2.28. The van der Waals surface area contributed by atoms with Gasteiger partial charge in [0, 0.05) is 41.6 Å². The predicted molar refractivity (Wildman–Crippen MR) is 145 cm³/mol. The smallest absolute Gasteiger partial charge is 0.323 e. The van der Waals surface area contributed by atoms with Crippen molar-refractivity contribution >= 4 is 40.2 Å². The lowest BCUT2D eigenvalue weighted by atomic mass is 9.98. The first kappa shape index (κ1) is 22.3. The second-order valence-electron chi connectivity index (χ2n) is 8.73. The summed E-state index contributed by atoms with van der Waals surface area (Å²) < 4.78 is 7.99. The van der Waals surface area contributed by atoms with Crippen LogP contribution in [0.2, 0.25) is 0 Å². The van der Waals surface area contributed by atoms with E-state index >= 15 is 0 Å². The number of carbonyl (C=O) groups excluding carboxylic acids is 2. The molecule has 7 heteroatoms. The van der Waals surface area contributed by atoms with Crippen LogP contribution in [0.25, 0.3) is 28.1 Å². The minimum Gasteiger partial charge on any atom is -0.452 e. The lowest BCUT2D eigenvalue weighted by molar-refractivity contribution is 0.101. The number of urea groups is 1. The van der Waals surface area contributed by atoms with E-state index in [1.807, 2.05) is 42.1 Å². The summed E-state index contributed by atoms with van der Waals surface area (Å²) in [6.45, 7) is 0. The Morgan fingerprint density at radius 3 is 2.57 bits per heavy atom. The van der Waals surface area contributed by atoms with Crippen LogP contribution in [0.15, 0.2) is 103 Å². The van der Waals surface area contributed by atoms with E-state index in [9.17, 15) is 9.59 Å². The number of allylic oxidation sites excluding steroid dienone is 1. The minimum atomic E-state index is -0.431. The second kappa shape index (κ2) is 9.13. The zero-order valence-electron chi connectivity index (χ0n) is 19.9. The Bertz CT molecular complexity index is 1690. The molecule has 0 aliphatic carbocycles. The minimum absolute atomic E-state index is 0.236. The third-order valence-electron chi connectivity index (χ3n) is 6.26. The van der Waals surface area contributed by atoms with Gasteiger partial charge in [-0.05, 0) is 53.6 Å². The number of benzene rings is 3. The number of pyridine rings is 1. The van der Waals surface area contributed by atoms with Gasteiger partial charge in [-0.1, -0.05) is 42.5 Å². The summed E-state index contributed by atoms with van der Waals surface area (Å²) in [4.78, 5) is 29.6. The number of Topliss-reactive ketones (excluding diaryl/α,β-unsaturated/α-hetero) is 1. The average Bonchev–Trinajstić information content (AvgIpc) is 3.41. The van der Waals surface area contributed by atoms with Gasteiger partial charge in [0.05, 0.1) is 17.4 Å². The van der Waals surface area contributed by atoms with E-state index in [-0.39, 0.29) is 11.5 Å². The number of hydrogen-bond donors (Lipinski definition) is 2. The highest BCUT2D eigenvalue weighted by molar-refractivity contribution is 6.16. The van der Waals surface area contributed by atoms with Crippen molar-refractivity contribution in [3.8, 4) is 16.9 Å². The molecule has 0 saturated carbocycles. The molecule has 0 unspecified atom stereocenters. The molecule has 0 spiro atoms. The number of amides is 2. The molecular formula is C30H22N4O3. The molecule has 7 nitrogen and oxygen atoms in total. The topological polar surface area (TPSA) is 85.2 Å². The molecule has 37 heavy (non-hydrogen) atoms. The second-order valence-corrected chi connectivity index (χ2v) is 8.73. The standard InChI is InChI=1S/C30H22N4O3/c1-34-18-20(28-23(10-5-11-25(28)34)19-7-3-2-4-8-19)15-27-29(35)24-16-21(12-13-26(24)37-27)32-30(36)33-22-9-6-14-31-17-22/h2-18H,1H3,(H2,32,33,36). The molecule has 180 valence electrons. The van der Waals surface area contributed by atoms with Gasteiger partial charge in [0.2, 0.25) is 5.78 Å². The van der Waals surface area contributed by atoms with E-state index in [2.05, 4.69) is 39.9 Å². The van der Waals surface area contributed by atoms with Gasteiger partial charge in [-0.3, -0.25) is 9.78 Å². The molecule has 5 aromatic rings. The van der Waals surface area contributed by atoms with Gasteiger partial charge in [-0.15, -0.1) is 0 Å². The third-order valence-corrected chi connectivity index (χ3v) is 6.26. The Morgan fingerprint density at radius 2 is 1.76 bits per heavy atom. The van der Waals surface area contributed by atoms with Gasteiger partial charge in [0.25, 0.3) is 0 Å². The fourth-order valence-corrected chi connectivity index (χ4v) is 4.59. The fraction of sp³-hybridized carbons (Fsp3) is 0.0333. The maximum Gasteiger partial charge on any atom is 0.323 e. The highest BCUT2D eigenvalue weighted by atomic mass is 16.5. The maximum absolute atomic E-state index is 13.3. The van der Waals surface area contributed by atoms with E-state index in [1.54, 1.807) is 48.8 Å². The summed E-state index contributed by atoms with van der Waals surface area (Å²) >= 11 is 0. The number of aromatic nitrogens is 2. The van der Waals surface area contributed by atoms with Crippen molar-refractivity contribution in [2.75, 3.05) is 10.6 Å². The van der Waals surface area contributed by atoms with E-state index in [0.717, 1.165) is 27.6 Å². The van der Waals surface area contributed by atoms with Crippen molar-refractivity contribution in [3.63, 3.8) is 0 Å². The molecule has 3 heterocycles. The zero-order chi connectivity index (χ0) is 25.4. The first-order valence-corrected chi connectivity index (χ1v) is 11.8. The van der Waals surface area contributed by atoms with Crippen LogP contribution >= 0.6 is 0 Å². The normalized spacial score (nSPS) is 13.4. The van der Waals surface area contributed by atoms with Crippen LogP contribution in [0, 0.1) is 0 Å². The molecule has 1 aliphatic rings. The van der Waals surface area contributed by atoms with Gasteiger partial charge in [-0.2, -0.15) is 0 Å². The summed E-state index contributed by atoms with van der Waals surface area (Å²) in [5.74, 6) is 0.459. The molecule has 0 atom stereocenters. The number of anilines is 2. The van der Waals surface area contributed by atoms with E-state index in [4.69, 9.17) is 4.74 Å². The number of fused-ring (bicyclic) bond motifs is 2. The van der Waals surface area contributed by atoms with Gasteiger partial charge in [0.1, 0.15) is 5.75 Å². The monoisotopic (exact) mass is 486 g/mol. The van der Waals surface area contributed by atoms with Crippen molar-refractivity contribution in [2.24, 2.45) is 7.05 Å². The van der Waals surface area contributed by atoms with Crippen LogP contribution in [0.3, 0.4) is 0 Å². The first-order valence-electron chi connectivity index (χ1n) is 11.8. The highest BCUT2D eigenvalue weighted by Crippen LogP contribution is 2.37. The largest absolute Gasteiger partial charge is 0.452 e. The molecule has 0 fully saturated rings. The van der Waals surface area contributed by atoms with Crippen LogP contribution < -0.4 is 15.4 Å². The summed E-state index contributed by atoms with van der Waals surface area (Å²) in [5, 5.41) is 6.50. The number of nitrogens with one attached hydrogen (secondary N) is 2. The molecule has 6 rings (SSSR count). The summed E-state index contributed by atoms with van der Waals surface area (Å²) in [5.41, 5.74) is 5.57. The lowest BCUT2D eigenvalue weighted by Gasteiger charge is -2.07. The Labute approximate surface area is 213 Å². The molecule has 1 aliphatic heterocycles. The average molecular weight is 487 g/mol. The molecular weight excluding hydrogens is 464 g/mol. The number of nitrogens with zero attached hydrogens (tertiary/aromatic N) is 2. The maximum atomic E-state index is 13.3. The van der Waals surface area contributed by atoms with Crippen molar-refractivity contribution in [1.82, 2.24) is 9.55 Å². The Morgan fingerprint density at radius 1 is 0.919 bits per heavy atom.